The van der Waals surface area contributed by atoms with Gasteiger partial charge in [-0.15, -0.1) is 0 Å². The lowest BCUT2D eigenvalue weighted by atomic mass is 9.87. The highest BCUT2D eigenvalue weighted by Crippen LogP contribution is 2.27. The van der Waals surface area contributed by atoms with Gasteiger partial charge in [0.1, 0.15) is 0 Å². The first-order chi connectivity index (χ1) is 4.72. The Morgan fingerprint density at radius 3 is 2.90 bits per heavy atom. The molecule has 0 N–H and O–H groups in total. The van der Waals surface area contributed by atoms with Gasteiger partial charge in [0.25, 0.3) is 0 Å². The molecule has 0 bridgehead atoms. The van der Waals surface area contributed by atoms with Crippen LogP contribution in [0.25, 0.3) is 0 Å². The molecule has 0 radical (unpaired) electrons. The van der Waals surface area contributed by atoms with Gasteiger partial charge in [0.15, 0.2) is 0 Å². The summed E-state index contributed by atoms with van der Waals surface area (Å²) in [5, 5.41) is 0. The van der Waals surface area contributed by atoms with E-state index in [2.05, 4.69) is 26.5 Å². The minimum atomic E-state index is 0.779. The Bertz CT molecular complexity index is 163. The predicted molar refractivity (Wildman–Crippen MR) is 45.9 cm³/mol. The molecular weight excluding hydrogens is 120 g/mol. The highest BCUT2D eigenvalue weighted by Gasteiger charge is 2.11. The van der Waals surface area contributed by atoms with Gasteiger partial charge < -0.3 is 0 Å². The number of rotatable bonds is 1. The fourth-order valence-electron chi connectivity index (χ4n) is 1.62. The number of allylic oxidation sites excluding steroid dienone is 3. The Labute approximate surface area is 63.6 Å². The Morgan fingerprint density at radius 1 is 1.70 bits per heavy atom. The van der Waals surface area contributed by atoms with Crippen LogP contribution in [-0.4, -0.2) is 0 Å². The van der Waals surface area contributed by atoms with Crippen molar-refractivity contribution in [3.8, 4) is 0 Å². The van der Waals surface area contributed by atoms with E-state index in [1.807, 2.05) is 0 Å². The molecule has 1 unspecified atom stereocenters. The minimum Gasteiger partial charge on any atom is -0.0995 e. The first-order valence-electron chi connectivity index (χ1n) is 4.06. The van der Waals surface area contributed by atoms with E-state index < -0.39 is 0 Å². The van der Waals surface area contributed by atoms with Crippen LogP contribution >= 0.6 is 0 Å². The minimum absolute atomic E-state index is 0.779. The summed E-state index contributed by atoms with van der Waals surface area (Å²) in [5.74, 6) is 0.779. The second-order valence-electron chi connectivity index (χ2n) is 3.31. The molecule has 0 saturated heterocycles. The van der Waals surface area contributed by atoms with Gasteiger partial charge in [-0.05, 0) is 32.1 Å². The smallest absolute Gasteiger partial charge is 0.0114 e. The fraction of sp³-hybridized carbons (Fsp3) is 0.600. The van der Waals surface area contributed by atoms with E-state index >= 15 is 0 Å². The van der Waals surface area contributed by atoms with Crippen LogP contribution in [0.15, 0.2) is 23.8 Å². The zero-order valence-corrected chi connectivity index (χ0v) is 6.98. The van der Waals surface area contributed by atoms with E-state index in [-0.39, 0.29) is 0 Å². The molecule has 0 nitrogen and oxygen atoms in total. The normalized spacial score (nSPS) is 26.4. The zero-order valence-electron chi connectivity index (χ0n) is 6.98. The summed E-state index contributed by atoms with van der Waals surface area (Å²) < 4.78 is 0. The monoisotopic (exact) mass is 136 g/mol. The second-order valence-corrected chi connectivity index (χ2v) is 3.31. The first-order valence-corrected chi connectivity index (χ1v) is 4.06. The van der Waals surface area contributed by atoms with Crippen LogP contribution in [0.3, 0.4) is 0 Å². The molecule has 1 atom stereocenters. The second kappa shape index (κ2) is 3.05. The summed E-state index contributed by atoms with van der Waals surface area (Å²) in [7, 11) is 0. The average Bonchev–Trinajstić information content (AvgIpc) is 1.85. The van der Waals surface area contributed by atoms with Gasteiger partial charge in [-0.1, -0.05) is 30.7 Å². The summed E-state index contributed by atoms with van der Waals surface area (Å²) in [6.07, 6.45) is 6.01. The molecule has 0 spiro atoms. The van der Waals surface area contributed by atoms with E-state index in [1.165, 1.54) is 24.0 Å². The van der Waals surface area contributed by atoms with Crippen molar-refractivity contribution in [1.29, 1.82) is 0 Å². The maximum Gasteiger partial charge on any atom is -0.0114 e. The molecule has 1 rings (SSSR count). The van der Waals surface area contributed by atoms with Gasteiger partial charge in [-0.25, -0.2) is 0 Å². The van der Waals surface area contributed by atoms with Crippen LogP contribution < -0.4 is 0 Å². The van der Waals surface area contributed by atoms with E-state index in [0.29, 0.717) is 0 Å². The fourth-order valence-corrected chi connectivity index (χ4v) is 1.62. The highest BCUT2D eigenvalue weighted by molar-refractivity contribution is 5.18. The third kappa shape index (κ3) is 1.73. The lowest BCUT2D eigenvalue weighted by Crippen LogP contribution is -2.03. The van der Waals surface area contributed by atoms with E-state index in [0.717, 1.165) is 12.3 Å². The molecule has 1 aliphatic rings. The van der Waals surface area contributed by atoms with Gasteiger partial charge in [0, 0.05) is 0 Å². The average molecular weight is 136 g/mol. The summed E-state index contributed by atoms with van der Waals surface area (Å²) in [4.78, 5) is 0. The molecule has 0 heteroatoms. The Balaban J connectivity index is 2.63. The Kier molecular flexibility index (Phi) is 2.31. The number of hydrogen-bond donors (Lipinski definition) is 0. The van der Waals surface area contributed by atoms with Crippen molar-refractivity contribution >= 4 is 0 Å². The van der Waals surface area contributed by atoms with Crippen LogP contribution in [0.1, 0.15) is 33.1 Å². The largest absolute Gasteiger partial charge is 0.0995 e. The van der Waals surface area contributed by atoms with Crippen LogP contribution in [0.4, 0.5) is 0 Å². The van der Waals surface area contributed by atoms with Crippen molar-refractivity contribution in [2.45, 2.75) is 33.1 Å². The lowest BCUT2D eigenvalue weighted by molar-refractivity contribution is 0.589. The van der Waals surface area contributed by atoms with Crippen LogP contribution in [0.2, 0.25) is 0 Å². The molecule has 0 heterocycles. The van der Waals surface area contributed by atoms with Crippen molar-refractivity contribution < 1.29 is 0 Å². The molecule has 0 aliphatic heterocycles. The summed E-state index contributed by atoms with van der Waals surface area (Å²) in [6.45, 7) is 8.47. The molecule has 10 heavy (non-hydrogen) atoms. The zero-order chi connectivity index (χ0) is 7.56. The van der Waals surface area contributed by atoms with E-state index in [1.54, 1.807) is 0 Å². The molecule has 0 aromatic heterocycles. The Morgan fingerprint density at radius 2 is 2.40 bits per heavy atom. The van der Waals surface area contributed by atoms with Gasteiger partial charge in [-0.2, -0.15) is 0 Å². The third-order valence-corrected chi connectivity index (χ3v) is 2.12. The predicted octanol–water partition coefficient (Wildman–Crippen LogP) is 3.31. The summed E-state index contributed by atoms with van der Waals surface area (Å²) >= 11 is 0. The van der Waals surface area contributed by atoms with E-state index in [4.69, 9.17) is 0 Å². The maximum atomic E-state index is 4.02. The molecular formula is C10H16. The topological polar surface area (TPSA) is 0 Å². The Hall–Kier alpha value is -0.520. The van der Waals surface area contributed by atoms with Gasteiger partial charge in [0.05, 0.1) is 0 Å². The lowest BCUT2D eigenvalue weighted by Gasteiger charge is -2.19. The van der Waals surface area contributed by atoms with Gasteiger partial charge in [-0.3, -0.25) is 0 Å². The molecule has 0 aromatic carbocycles. The van der Waals surface area contributed by atoms with Crippen molar-refractivity contribution in [3.63, 3.8) is 0 Å². The van der Waals surface area contributed by atoms with Crippen LogP contribution in [0.5, 0.6) is 0 Å². The van der Waals surface area contributed by atoms with E-state index in [9.17, 15) is 0 Å². The highest BCUT2D eigenvalue weighted by atomic mass is 14.2. The molecule has 1 aliphatic carbocycles. The van der Waals surface area contributed by atoms with Crippen molar-refractivity contribution in [2.75, 3.05) is 0 Å². The van der Waals surface area contributed by atoms with Crippen LogP contribution in [0, 0.1) is 5.92 Å². The third-order valence-electron chi connectivity index (χ3n) is 2.12. The molecule has 0 fully saturated rings. The molecule has 0 amide bonds. The van der Waals surface area contributed by atoms with Crippen molar-refractivity contribution in [1.82, 2.24) is 0 Å². The summed E-state index contributed by atoms with van der Waals surface area (Å²) in [6, 6.07) is 0. The van der Waals surface area contributed by atoms with Crippen molar-refractivity contribution in [3.05, 3.63) is 23.8 Å². The van der Waals surface area contributed by atoms with Gasteiger partial charge >= 0.3 is 0 Å². The maximum absolute atomic E-state index is 4.02. The standard InChI is InChI=1S/C10H16/c1-4-10-6-8(2)5-9(3)7-10/h7,10H,2,4-6H2,1,3H3. The van der Waals surface area contributed by atoms with Crippen molar-refractivity contribution in [2.24, 2.45) is 5.92 Å². The first kappa shape index (κ1) is 7.59. The number of hydrogen-bond acceptors (Lipinski definition) is 0. The quantitative estimate of drug-likeness (QED) is 0.485. The molecule has 0 saturated carbocycles. The SMILES string of the molecule is C=C1CC(C)=CC(CC)C1. The van der Waals surface area contributed by atoms with Gasteiger partial charge in [0.2, 0.25) is 0 Å². The summed E-state index contributed by atoms with van der Waals surface area (Å²) in [5.41, 5.74) is 2.91. The molecule has 0 aromatic rings. The van der Waals surface area contributed by atoms with Crippen LogP contribution in [-0.2, 0) is 0 Å². The molecule has 56 valence electrons.